The van der Waals surface area contributed by atoms with Crippen molar-refractivity contribution in [1.29, 1.82) is 0 Å². The topological polar surface area (TPSA) is 33.2 Å². The van der Waals surface area contributed by atoms with Crippen molar-refractivity contribution in [2.45, 2.75) is 6.54 Å². The highest BCUT2D eigenvalue weighted by atomic mass is 79.9. The minimum absolute atomic E-state index is 0.0235. The number of anilines is 1. The summed E-state index contributed by atoms with van der Waals surface area (Å²) in [5.74, 6) is 0.0235. The van der Waals surface area contributed by atoms with Crippen LogP contribution in [0.5, 0.6) is 0 Å². The van der Waals surface area contributed by atoms with Crippen LogP contribution in [0.15, 0.2) is 47.1 Å². The summed E-state index contributed by atoms with van der Waals surface area (Å²) in [5, 5.41) is 0. The Bertz CT molecular complexity index is 580. The molecular formula is C13H9BrN2O. The van der Waals surface area contributed by atoms with E-state index in [0.717, 1.165) is 15.9 Å². The molecule has 0 atom stereocenters. The number of hydrogen-bond acceptors (Lipinski definition) is 2. The molecule has 1 aromatic carbocycles. The number of halogens is 1. The van der Waals surface area contributed by atoms with Gasteiger partial charge in [0, 0.05) is 16.4 Å². The van der Waals surface area contributed by atoms with Gasteiger partial charge in [0.1, 0.15) is 0 Å². The molecule has 17 heavy (non-hydrogen) atoms. The second-order valence-electron chi connectivity index (χ2n) is 3.87. The number of hydrogen-bond donors (Lipinski definition) is 0. The second kappa shape index (κ2) is 3.96. The molecule has 4 heteroatoms. The van der Waals surface area contributed by atoms with Crippen LogP contribution in [0.3, 0.4) is 0 Å². The molecular weight excluding hydrogens is 280 g/mol. The van der Waals surface area contributed by atoms with Gasteiger partial charge in [0.25, 0.3) is 5.91 Å². The van der Waals surface area contributed by atoms with Crippen molar-refractivity contribution in [2.24, 2.45) is 0 Å². The molecule has 0 N–H and O–H groups in total. The Morgan fingerprint density at radius 2 is 1.94 bits per heavy atom. The summed E-state index contributed by atoms with van der Waals surface area (Å²) >= 11 is 3.38. The summed E-state index contributed by atoms with van der Waals surface area (Å²) in [6.07, 6.45) is 1.72. The molecule has 0 unspecified atom stereocenters. The standard InChI is InChI=1S/C13H9BrN2O/c14-9-3-5-10(6-4-9)16-8-12-11(13(16)17)2-1-7-15-12/h1-7H,8H2. The van der Waals surface area contributed by atoms with E-state index in [2.05, 4.69) is 20.9 Å². The molecule has 0 bridgehead atoms. The largest absolute Gasteiger partial charge is 0.302 e. The number of carbonyl (C=O) groups is 1. The van der Waals surface area contributed by atoms with Crippen LogP contribution in [-0.4, -0.2) is 10.9 Å². The van der Waals surface area contributed by atoms with Crippen molar-refractivity contribution < 1.29 is 4.79 Å². The first-order chi connectivity index (χ1) is 8.25. The van der Waals surface area contributed by atoms with Gasteiger partial charge < -0.3 is 4.90 Å². The zero-order valence-electron chi connectivity index (χ0n) is 8.93. The highest BCUT2D eigenvalue weighted by Crippen LogP contribution is 2.27. The predicted octanol–water partition coefficient (Wildman–Crippen LogP) is 3.00. The van der Waals surface area contributed by atoms with Gasteiger partial charge in [-0.1, -0.05) is 15.9 Å². The SMILES string of the molecule is O=C1c2cccnc2CN1c1ccc(Br)cc1. The lowest BCUT2D eigenvalue weighted by Crippen LogP contribution is -2.22. The van der Waals surface area contributed by atoms with E-state index in [-0.39, 0.29) is 5.91 Å². The maximum atomic E-state index is 12.2. The molecule has 2 heterocycles. The maximum absolute atomic E-state index is 12.2. The number of rotatable bonds is 1. The van der Waals surface area contributed by atoms with E-state index in [9.17, 15) is 4.79 Å². The van der Waals surface area contributed by atoms with Crippen LogP contribution < -0.4 is 4.90 Å². The lowest BCUT2D eigenvalue weighted by Gasteiger charge is -2.15. The molecule has 3 nitrogen and oxygen atoms in total. The zero-order valence-corrected chi connectivity index (χ0v) is 10.5. The monoisotopic (exact) mass is 288 g/mol. The van der Waals surface area contributed by atoms with Gasteiger partial charge in [-0.05, 0) is 36.4 Å². The Labute approximate surface area is 107 Å². The molecule has 0 fully saturated rings. The molecule has 3 rings (SSSR count). The van der Waals surface area contributed by atoms with E-state index < -0.39 is 0 Å². The summed E-state index contributed by atoms with van der Waals surface area (Å²) < 4.78 is 1.00. The minimum atomic E-state index is 0.0235. The number of amides is 1. The predicted molar refractivity (Wildman–Crippen MR) is 68.9 cm³/mol. The average molecular weight is 289 g/mol. The van der Waals surface area contributed by atoms with Gasteiger partial charge in [-0.15, -0.1) is 0 Å². The van der Waals surface area contributed by atoms with Crippen LogP contribution in [0.25, 0.3) is 0 Å². The number of aromatic nitrogens is 1. The normalized spacial score (nSPS) is 13.9. The third-order valence-electron chi connectivity index (χ3n) is 2.81. The second-order valence-corrected chi connectivity index (χ2v) is 4.78. The van der Waals surface area contributed by atoms with Crippen molar-refractivity contribution in [1.82, 2.24) is 4.98 Å². The highest BCUT2D eigenvalue weighted by Gasteiger charge is 2.28. The van der Waals surface area contributed by atoms with Crippen molar-refractivity contribution in [3.63, 3.8) is 0 Å². The van der Waals surface area contributed by atoms with E-state index >= 15 is 0 Å². The van der Waals surface area contributed by atoms with Crippen LogP contribution in [0.1, 0.15) is 16.1 Å². The van der Waals surface area contributed by atoms with Crippen molar-refractivity contribution in [2.75, 3.05) is 4.90 Å². The Morgan fingerprint density at radius 3 is 2.65 bits per heavy atom. The van der Waals surface area contributed by atoms with Gasteiger partial charge in [0.05, 0.1) is 17.8 Å². The minimum Gasteiger partial charge on any atom is -0.302 e. The molecule has 84 valence electrons. The van der Waals surface area contributed by atoms with Crippen LogP contribution in [0, 0.1) is 0 Å². The zero-order chi connectivity index (χ0) is 11.8. The van der Waals surface area contributed by atoms with Crippen molar-refractivity contribution in [3.8, 4) is 0 Å². The van der Waals surface area contributed by atoms with E-state index in [1.807, 2.05) is 30.3 Å². The Morgan fingerprint density at radius 1 is 1.18 bits per heavy atom. The number of nitrogens with zero attached hydrogens (tertiary/aromatic N) is 2. The Balaban J connectivity index is 1.99. The van der Waals surface area contributed by atoms with Crippen molar-refractivity contribution >= 4 is 27.5 Å². The lowest BCUT2D eigenvalue weighted by molar-refractivity contribution is 0.0996. The van der Waals surface area contributed by atoms with Gasteiger partial charge in [0.15, 0.2) is 0 Å². The lowest BCUT2D eigenvalue weighted by atomic mass is 10.2. The molecule has 1 amide bonds. The number of fused-ring (bicyclic) bond motifs is 1. The first-order valence-corrected chi connectivity index (χ1v) is 6.06. The average Bonchev–Trinajstić information content (AvgIpc) is 2.69. The fourth-order valence-corrected chi connectivity index (χ4v) is 2.22. The van der Waals surface area contributed by atoms with E-state index in [1.54, 1.807) is 17.2 Å². The van der Waals surface area contributed by atoms with Crippen LogP contribution in [-0.2, 0) is 6.54 Å². The third kappa shape index (κ3) is 1.74. The highest BCUT2D eigenvalue weighted by molar-refractivity contribution is 9.10. The van der Waals surface area contributed by atoms with Crippen molar-refractivity contribution in [3.05, 3.63) is 58.3 Å². The van der Waals surface area contributed by atoms with Gasteiger partial charge >= 0.3 is 0 Å². The first-order valence-electron chi connectivity index (χ1n) is 5.27. The number of pyridine rings is 1. The molecule has 0 spiro atoms. The summed E-state index contributed by atoms with van der Waals surface area (Å²) in [4.78, 5) is 18.1. The van der Waals surface area contributed by atoms with E-state index in [1.165, 1.54) is 0 Å². The van der Waals surface area contributed by atoms with Crippen LogP contribution in [0.2, 0.25) is 0 Å². The molecule has 0 saturated heterocycles. The van der Waals surface area contributed by atoms with Gasteiger partial charge in [-0.25, -0.2) is 0 Å². The molecule has 0 radical (unpaired) electrons. The first kappa shape index (κ1) is 10.5. The molecule has 1 aliphatic rings. The summed E-state index contributed by atoms with van der Waals surface area (Å²) in [7, 11) is 0. The molecule has 0 saturated carbocycles. The Kier molecular flexibility index (Phi) is 2.44. The molecule has 0 aliphatic carbocycles. The molecule has 1 aliphatic heterocycles. The fraction of sp³-hybridized carbons (Fsp3) is 0.0769. The number of carbonyl (C=O) groups excluding carboxylic acids is 1. The van der Waals surface area contributed by atoms with Crippen LogP contribution >= 0.6 is 15.9 Å². The molecule has 1 aromatic heterocycles. The van der Waals surface area contributed by atoms with Gasteiger partial charge in [-0.2, -0.15) is 0 Å². The van der Waals surface area contributed by atoms with Crippen LogP contribution in [0.4, 0.5) is 5.69 Å². The maximum Gasteiger partial charge on any atom is 0.260 e. The van der Waals surface area contributed by atoms with E-state index in [0.29, 0.717) is 12.1 Å². The van der Waals surface area contributed by atoms with Gasteiger partial charge in [0.2, 0.25) is 0 Å². The van der Waals surface area contributed by atoms with Gasteiger partial charge in [-0.3, -0.25) is 9.78 Å². The smallest absolute Gasteiger partial charge is 0.260 e. The summed E-state index contributed by atoms with van der Waals surface area (Å²) in [6, 6.07) is 11.3. The quantitative estimate of drug-likeness (QED) is 0.808. The summed E-state index contributed by atoms with van der Waals surface area (Å²) in [5.41, 5.74) is 2.45. The Hall–Kier alpha value is -1.68. The fourth-order valence-electron chi connectivity index (χ4n) is 1.96. The number of benzene rings is 1. The van der Waals surface area contributed by atoms with E-state index in [4.69, 9.17) is 0 Å². The molecule has 2 aromatic rings. The third-order valence-corrected chi connectivity index (χ3v) is 3.34. The summed E-state index contributed by atoms with van der Waals surface area (Å²) in [6.45, 7) is 0.552.